The molecule has 0 aliphatic carbocycles. The molecule has 166 valence electrons. The Morgan fingerprint density at radius 3 is 2.36 bits per heavy atom. The zero-order chi connectivity index (χ0) is 23.4. The number of anilines is 1. The highest BCUT2D eigenvalue weighted by Gasteiger charge is 2.25. The molecular formula is C25H21N3O4S. The fourth-order valence-corrected chi connectivity index (χ4v) is 4.38. The van der Waals surface area contributed by atoms with E-state index in [-0.39, 0.29) is 17.7 Å². The smallest absolute Gasteiger partial charge is 0.339 e. The first-order valence-corrected chi connectivity index (χ1v) is 11.1. The molecule has 4 rings (SSSR count). The van der Waals surface area contributed by atoms with E-state index in [1.165, 1.54) is 17.4 Å². The van der Waals surface area contributed by atoms with Crippen LogP contribution in [-0.2, 0) is 9.53 Å². The number of para-hydroxylation sites is 2. The predicted molar refractivity (Wildman–Crippen MR) is 128 cm³/mol. The van der Waals surface area contributed by atoms with Crippen molar-refractivity contribution in [2.45, 2.75) is 19.4 Å². The zero-order valence-corrected chi connectivity index (χ0v) is 18.6. The predicted octanol–water partition coefficient (Wildman–Crippen LogP) is 4.64. The number of carbonyl (C=O) groups is 3. The third kappa shape index (κ3) is 4.75. The number of rotatable bonds is 7. The van der Waals surface area contributed by atoms with Crippen molar-refractivity contribution in [1.29, 1.82) is 0 Å². The van der Waals surface area contributed by atoms with Gasteiger partial charge in [-0.1, -0.05) is 49.4 Å². The summed E-state index contributed by atoms with van der Waals surface area (Å²) in [5.41, 5.74) is 7.62. The minimum atomic E-state index is -1.05. The Morgan fingerprint density at radius 2 is 1.64 bits per heavy atom. The SMILES string of the molecule is CCC(OC(=O)c1ccccc1-c1nc2ccccc2s1)C(=O)Nc1ccccc1C(N)=O. The average molecular weight is 460 g/mol. The number of ether oxygens (including phenoxy) is 1. The summed E-state index contributed by atoms with van der Waals surface area (Å²) in [6.07, 6.45) is -0.804. The molecule has 0 saturated heterocycles. The van der Waals surface area contributed by atoms with Crippen LogP contribution in [0.3, 0.4) is 0 Å². The molecule has 4 aromatic rings. The molecule has 1 aromatic heterocycles. The van der Waals surface area contributed by atoms with Gasteiger partial charge in [0, 0.05) is 5.56 Å². The van der Waals surface area contributed by atoms with E-state index in [0.717, 1.165) is 10.2 Å². The molecule has 2 amide bonds. The van der Waals surface area contributed by atoms with Crippen LogP contribution in [0, 0.1) is 0 Å². The van der Waals surface area contributed by atoms with Crippen LogP contribution in [0.15, 0.2) is 72.8 Å². The van der Waals surface area contributed by atoms with Crippen LogP contribution < -0.4 is 11.1 Å². The number of aromatic nitrogens is 1. The van der Waals surface area contributed by atoms with Crippen LogP contribution in [0.5, 0.6) is 0 Å². The lowest BCUT2D eigenvalue weighted by Gasteiger charge is -2.17. The second kappa shape index (κ2) is 9.62. The van der Waals surface area contributed by atoms with Crippen molar-refractivity contribution >= 4 is 45.0 Å². The van der Waals surface area contributed by atoms with Crippen molar-refractivity contribution in [3.63, 3.8) is 0 Å². The number of amides is 2. The molecule has 0 fully saturated rings. The molecule has 0 aliphatic rings. The molecule has 1 atom stereocenters. The number of hydrogen-bond acceptors (Lipinski definition) is 6. The van der Waals surface area contributed by atoms with Crippen molar-refractivity contribution < 1.29 is 19.1 Å². The topological polar surface area (TPSA) is 111 Å². The van der Waals surface area contributed by atoms with Crippen molar-refractivity contribution in [3.05, 3.63) is 83.9 Å². The lowest BCUT2D eigenvalue weighted by atomic mass is 10.1. The van der Waals surface area contributed by atoms with Crippen molar-refractivity contribution in [1.82, 2.24) is 4.98 Å². The summed E-state index contributed by atoms with van der Waals surface area (Å²) in [5.74, 6) is -1.84. The van der Waals surface area contributed by atoms with E-state index >= 15 is 0 Å². The van der Waals surface area contributed by atoms with Crippen LogP contribution in [0.1, 0.15) is 34.1 Å². The summed E-state index contributed by atoms with van der Waals surface area (Å²) >= 11 is 1.48. The first-order valence-electron chi connectivity index (χ1n) is 10.3. The van der Waals surface area contributed by atoms with Crippen molar-refractivity contribution in [2.24, 2.45) is 5.73 Å². The van der Waals surface area contributed by atoms with Crippen LogP contribution in [0.4, 0.5) is 5.69 Å². The number of thiazole rings is 1. The van der Waals surface area contributed by atoms with E-state index in [9.17, 15) is 14.4 Å². The van der Waals surface area contributed by atoms with Gasteiger partial charge in [0.1, 0.15) is 5.01 Å². The maximum Gasteiger partial charge on any atom is 0.339 e. The fourth-order valence-electron chi connectivity index (χ4n) is 3.37. The average Bonchev–Trinajstić information content (AvgIpc) is 3.26. The Labute approximate surface area is 194 Å². The molecule has 3 N–H and O–H groups in total. The summed E-state index contributed by atoms with van der Waals surface area (Å²) in [6.45, 7) is 1.73. The molecular weight excluding hydrogens is 438 g/mol. The Kier molecular flexibility index (Phi) is 6.46. The number of esters is 1. The van der Waals surface area contributed by atoms with Gasteiger partial charge in [-0.25, -0.2) is 9.78 Å². The van der Waals surface area contributed by atoms with Crippen LogP contribution in [-0.4, -0.2) is 28.9 Å². The van der Waals surface area contributed by atoms with Crippen LogP contribution in [0.25, 0.3) is 20.8 Å². The molecule has 0 aliphatic heterocycles. The Bertz CT molecular complexity index is 1320. The molecule has 3 aromatic carbocycles. The van der Waals surface area contributed by atoms with Gasteiger partial charge in [0.05, 0.1) is 27.0 Å². The third-order valence-electron chi connectivity index (χ3n) is 5.03. The molecule has 0 radical (unpaired) electrons. The molecule has 1 unspecified atom stereocenters. The summed E-state index contributed by atoms with van der Waals surface area (Å²) in [4.78, 5) is 42.1. The number of nitrogens with one attached hydrogen (secondary N) is 1. The molecule has 0 saturated carbocycles. The second-order valence-corrected chi connectivity index (χ2v) is 8.26. The van der Waals surface area contributed by atoms with E-state index in [2.05, 4.69) is 10.3 Å². The van der Waals surface area contributed by atoms with Crippen LogP contribution in [0.2, 0.25) is 0 Å². The quantitative estimate of drug-likeness (QED) is 0.391. The van der Waals surface area contributed by atoms with Gasteiger partial charge in [0.25, 0.3) is 11.8 Å². The highest BCUT2D eigenvalue weighted by atomic mass is 32.1. The Morgan fingerprint density at radius 1 is 0.970 bits per heavy atom. The van der Waals surface area contributed by atoms with Gasteiger partial charge >= 0.3 is 5.97 Å². The largest absolute Gasteiger partial charge is 0.449 e. The van der Waals surface area contributed by atoms with E-state index in [1.807, 2.05) is 30.3 Å². The number of carbonyl (C=O) groups excluding carboxylic acids is 3. The van der Waals surface area contributed by atoms with Gasteiger partial charge in [-0.2, -0.15) is 0 Å². The van der Waals surface area contributed by atoms with Gasteiger partial charge in [-0.3, -0.25) is 9.59 Å². The Hall–Kier alpha value is -4.04. The van der Waals surface area contributed by atoms with Gasteiger partial charge in [-0.15, -0.1) is 11.3 Å². The Balaban J connectivity index is 1.56. The summed E-state index contributed by atoms with van der Waals surface area (Å²) in [5, 5.41) is 3.33. The minimum Gasteiger partial charge on any atom is -0.449 e. The first kappa shape index (κ1) is 22.2. The monoisotopic (exact) mass is 459 g/mol. The van der Waals surface area contributed by atoms with E-state index in [0.29, 0.717) is 16.1 Å². The normalized spacial score (nSPS) is 11.7. The maximum absolute atomic E-state index is 13.1. The number of nitrogens with two attached hydrogens (primary N) is 1. The van der Waals surface area contributed by atoms with Gasteiger partial charge in [-0.05, 0) is 36.8 Å². The molecule has 8 heteroatoms. The summed E-state index contributed by atoms with van der Waals surface area (Å²) in [7, 11) is 0. The second-order valence-electron chi connectivity index (χ2n) is 7.23. The number of primary amides is 1. The summed E-state index contributed by atoms with van der Waals surface area (Å²) < 4.78 is 6.57. The van der Waals surface area contributed by atoms with Crippen molar-refractivity contribution in [2.75, 3.05) is 5.32 Å². The molecule has 7 nitrogen and oxygen atoms in total. The first-order chi connectivity index (χ1) is 16.0. The highest BCUT2D eigenvalue weighted by Crippen LogP contribution is 2.32. The van der Waals surface area contributed by atoms with E-state index < -0.39 is 23.9 Å². The third-order valence-corrected chi connectivity index (χ3v) is 6.10. The number of fused-ring (bicyclic) bond motifs is 1. The van der Waals surface area contributed by atoms with Gasteiger partial charge in [0.15, 0.2) is 6.10 Å². The minimum absolute atomic E-state index is 0.174. The number of hydrogen-bond donors (Lipinski definition) is 2. The van der Waals surface area contributed by atoms with Crippen LogP contribution >= 0.6 is 11.3 Å². The molecule has 0 bridgehead atoms. The van der Waals surface area contributed by atoms with Gasteiger partial charge in [0.2, 0.25) is 0 Å². The fraction of sp³-hybridized carbons (Fsp3) is 0.120. The number of nitrogens with zero attached hydrogens (tertiary/aromatic N) is 1. The molecule has 33 heavy (non-hydrogen) atoms. The maximum atomic E-state index is 13.1. The molecule has 0 spiro atoms. The van der Waals surface area contributed by atoms with Gasteiger partial charge < -0.3 is 15.8 Å². The molecule has 1 heterocycles. The highest BCUT2D eigenvalue weighted by molar-refractivity contribution is 7.21. The summed E-state index contributed by atoms with van der Waals surface area (Å²) in [6, 6.07) is 21.1. The lowest BCUT2D eigenvalue weighted by molar-refractivity contribution is -0.124. The standard InChI is InChI=1S/C25H21N3O4S/c1-2-20(23(30)27-18-12-6-5-11-17(18)22(26)29)32-25(31)16-10-4-3-9-15(16)24-28-19-13-7-8-14-21(19)33-24/h3-14,20H,2H2,1H3,(H2,26,29)(H,27,30). The zero-order valence-electron chi connectivity index (χ0n) is 17.8. The lowest BCUT2D eigenvalue weighted by Crippen LogP contribution is -2.33. The van der Waals surface area contributed by atoms with E-state index in [4.69, 9.17) is 10.5 Å². The van der Waals surface area contributed by atoms with Crippen molar-refractivity contribution in [3.8, 4) is 10.6 Å². The van der Waals surface area contributed by atoms with E-state index in [1.54, 1.807) is 43.3 Å². The number of benzene rings is 3.